The van der Waals surface area contributed by atoms with Crippen LogP contribution in [0.2, 0.25) is 0 Å². The quantitative estimate of drug-likeness (QED) is 0.157. The van der Waals surface area contributed by atoms with E-state index in [1.54, 1.807) is 21.3 Å². The normalized spacial score (nSPS) is 21.2. The molecule has 0 aromatic heterocycles. The van der Waals surface area contributed by atoms with Crippen LogP contribution in [0.25, 0.3) is 0 Å². The Morgan fingerprint density at radius 2 is 1.50 bits per heavy atom. The molecule has 1 rings (SSSR count). The molecule has 0 aliphatic carbocycles. The molecule has 1 heterocycles. The van der Waals surface area contributed by atoms with Crippen LogP contribution in [0.15, 0.2) is 0 Å². The second-order valence-electron chi connectivity index (χ2n) is 7.98. The van der Waals surface area contributed by atoms with Gasteiger partial charge in [-0.1, -0.05) is 58.8 Å². The highest BCUT2D eigenvalue weighted by molar-refractivity contribution is 5.97. The number of cyclic esters (lactones) is 2. The van der Waals surface area contributed by atoms with Crippen molar-refractivity contribution in [1.29, 1.82) is 0 Å². The number of ether oxygens (including phenoxy) is 4. The summed E-state index contributed by atoms with van der Waals surface area (Å²) in [5.74, 6) is -1.95. The molecule has 1 aliphatic rings. The summed E-state index contributed by atoms with van der Waals surface area (Å²) in [4.78, 5) is 24.3. The van der Waals surface area contributed by atoms with Gasteiger partial charge in [-0.05, 0) is 25.7 Å². The van der Waals surface area contributed by atoms with E-state index < -0.39 is 17.4 Å². The Morgan fingerprint density at radius 3 is 2.00 bits per heavy atom. The van der Waals surface area contributed by atoms with Crippen LogP contribution < -0.4 is 0 Å². The highest BCUT2D eigenvalue weighted by Gasteiger charge is 2.50. The third-order valence-electron chi connectivity index (χ3n) is 6.11. The zero-order chi connectivity index (χ0) is 21.0. The van der Waals surface area contributed by atoms with Crippen molar-refractivity contribution in [2.24, 2.45) is 11.3 Å². The van der Waals surface area contributed by atoms with Gasteiger partial charge in [0.15, 0.2) is 0 Å². The first-order chi connectivity index (χ1) is 13.4. The third kappa shape index (κ3) is 6.53. The molecular weight excluding hydrogens is 360 g/mol. The molecule has 2 atom stereocenters. The second-order valence-corrected chi connectivity index (χ2v) is 7.98. The Hall–Kier alpha value is -0.980. The van der Waals surface area contributed by atoms with Gasteiger partial charge in [0, 0.05) is 27.2 Å². The second kappa shape index (κ2) is 12.6. The highest BCUT2D eigenvalue weighted by Crippen LogP contribution is 2.44. The number of carbonyl (C=O) groups excluding carboxylic acids is 2. The van der Waals surface area contributed by atoms with Gasteiger partial charge in [-0.3, -0.25) is 9.59 Å². The number of hydrogen-bond acceptors (Lipinski definition) is 6. The molecule has 6 heteroatoms. The lowest BCUT2D eigenvalue weighted by Gasteiger charge is -2.38. The molecule has 0 aromatic carbocycles. The van der Waals surface area contributed by atoms with Crippen molar-refractivity contribution in [3.05, 3.63) is 0 Å². The average molecular weight is 401 g/mol. The Kier molecular flexibility index (Phi) is 11.2. The molecule has 6 nitrogen and oxygen atoms in total. The Labute approximate surface area is 170 Å². The van der Waals surface area contributed by atoms with Gasteiger partial charge >= 0.3 is 11.9 Å². The van der Waals surface area contributed by atoms with Gasteiger partial charge in [0.2, 0.25) is 0 Å². The third-order valence-corrected chi connectivity index (χ3v) is 6.11. The summed E-state index contributed by atoms with van der Waals surface area (Å²) in [5.41, 5.74) is -0.714. The van der Waals surface area contributed by atoms with Gasteiger partial charge in [-0.25, -0.2) is 0 Å². The maximum Gasteiger partial charge on any atom is 0.320 e. The predicted octanol–water partition coefficient (Wildman–Crippen LogP) is 4.99. The number of methoxy groups -OCH3 is 3. The minimum atomic E-state index is -1.14. The number of rotatable bonds is 16. The molecule has 0 radical (unpaired) electrons. The summed E-state index contributed by atoms with van der Waals surface area (Å²) in [6, 6.07) is 0. The number of esters is 2. The summed E-state index contributed by atoms with van der Waals surface area (Å²) < 4.78 is 21.8. The first-order valence-electron chi connectivity index (χ1n) is 10.8. The number of carbonyl (C=O) groups is 2. The lowest BCUT2D eigenvalue weighted by Crippen LogP contribution is -2.44. The van der Waals surface area contributed by atoms with Crippen LogP contribution in [0, 0.1) is 11.3 Å². The summed E-state index contributed by atoms with van der Waals surface area (Å²) >= 11 is 0. The largest absolute Gasteiger partial charge is 0.393 e. The Balaban J connectivity index is 2.87. The molecule has 0 saturated carbocycles. The SMILES string of the molecule is CCCCCCCC(CCC1(CCCC)CC(=O)OC1=O)C(OC)(OC)OC. The fourth-order valence-electron chi connectivity index (χ4n) is 4.31. The van der Waals surface area contributed by atoms with Gasteiger partial charge < -0.3 is 18.9 Å². The molecule has 0 spiro atoms. The fraction of sp³-hybridized carbons (Fsp3) is 0.909. The Morgan fingerprint density at radius 1 is 0.893 bits per heavy atom. The van der Waals surface area contributed by atoms with Crippen molar-refractivity contribution < 1.29 is 28.5 Å². The highest BCUT2D eigenvalue weighted by atomic mass is 16.9. The molecule has 0 amide bonds. The van der Waals surface area contributed by atoms with Crippen LogP contribution in [0.1, 0.15) is 90.9 Å². The molecule has 28 heavy (non-hydrogen) atoms. The monoisotopic (exact) mass is 400 g/mol. The van der Waals surface area contributed by atoms with Gasteiger partial charge in [0.1, 0.15) is 0 Å². The van der Waals surface area contributed by atoms with E-state index in [9.17, 15) is 9.59 Å². The number of unbranched alkanes of at least 4 members (excludes halogenated alkanes) is 5. The van der Waals surface area contributed by atoms with Crippen LogP contribution in [0.3, 0.4) is 0 Å². The van der Waals surface area contributed by atoms with E-state index >= 15 is 0 Å². The minimum absolute atomic E-state index is 0.0314. The smallest absolute Gasteiger partial charge is 0.320 e. The molecular formula is C22H40O6. The number of hydrogen-bond donors (Lipinski definition) is 0. The van der Waals surface area contributed by atoms with E-state index in [0.717, 1.165) is 32.1 Å². The maximum absolute atomic E-state index is 12.5. The Bertz CT molecular complexity index is 465. The molecule has 1 saturated heterocycles. The first-order valence-corrected chi connectivity index (χ1v) is 10.8. The van der Waals surface area contributed by atoms with E-state index in [0.29, 0.717) is 19.3 Å². The van der Waals surface area contributed by atoms with Crippen LogP contribution in [-0.2, 0) is 28.5 Å². The summed E-state index contributed by atoms with van der Waals surface area (Å²) in [7, 11) is 4.74. The molecule has 1 fully saturated rings. The summed E-state index contributed by atoms with van der Waals surface area (Å²) in [5, 5.41) is 0. The summed E-state index contributed by atoms with van der Waals surface area (Å²) in [6.07, 6.45) is 10.7. The van der Waals surface area contributed by atoms with Crippen molar-refractivity contribution in [3.63, 3.8) is 0 Å². The van der Waals surface area contributed by atoms with Gasteiger partial charge in [0.05, 0.1) is 11.8 Å². The maximum atomic E-state index is 12.5. The van der Waals surface area contributed by atoms with Crippen molar-refractivity contribution in [2.45, 2.75) is 96.9 Å². The van der Waals surface area contributed by atoms with E-state index in [1.807, 2.05) is 0 Å². The van der Waals surface area contributed by atoms with Gasteiger partial charge in [0.25, 0.3) is 5.97 Å². The molecule has 2 unspecified atom stereocenters. The van der Waals surface area contributed by atoms with Gasteiger partial charge in [-0.15, -0.1) is 0 Å². The topological polar surface area (TPSA) is 71.1 Å². The average Bonchev–Trinajstić information content (AvgIpc) is 2.98. The minimum Gasteiger partial charge on any atom is -0.393 e. The first kappa shape index (κ1) is 25.1. The van der Waals surface area contributed by atoms with Crippen LogP contribution >= 0.6 is 0 Å². The lowest BCUT2D eigenvalue weighted by atomic mass is 9.75. The molecule has 0 bridgehead atoms. The zero-order valence-electron chi connectivity index (χ0n) is 18.5. The van der Waals surface area contributed by atoms with Crippen molar-refractivity contribution in [2.75, 3.05) is 21.3 Å². The predicted molar refractivity (Wildman–Crippen MR) is 108 cm³/mol. The van der Waals surface area contributed by atoms with Crippen molar-refractivity contribution >= 4 is 11.9 Å². The standard InChI is InChI=1S/C22H40O6/c1-6-8-10-11-12-13-18(22(25-3,26-4)27-5)14-16-21(15-9-7-2)17-19(23)28-20(21)24/h18H,6-17H2,1-5H3. The molecule has 0 N–H and O–H groups in total. The molecule has 0 aromatic rings. The van der Waals surface area contributed by atoms with Crippen LogP contribution in [-0.4, -0.2) is 39.2 Å². The van der Waals surface area contributed by atoms with Crippen LogP contribution in [0.5, 0.6) is 0 Å². The van der Waals surface area contributed by atoms with E-state index in [1.165, 1.54) is 19.3 Å². The van der Waals surface area contributed by atoms with Crippen molar-refractivity contribution in [3.8, 4) is 0 Å². The van der Waals surface area contributed by atoms with E-state index in [-0.39, 0.29) is 18.3 Å². The van der Waals surface area contributed by atoms with Gasteiger partial charge in [-0.2, -0.15) is 0 Å². The van der Waals surface area contributed by atoms with Crippen LogP contribution in [0.4, 0.5) is 0 Å². The zero-order valence-corrected chi connectivity index (χ0v) is 18.5. The molecule has 1 aliphatic heterocycles. The van der Waals surface area contributed by atoms with E-state index in [4.69, 9.17) is 18.9 Å². The summed E-state index contributed by atoms with van der Waals surface area (Å²) in [6.45, 7) is 4.28. The molecule has 164 valence electrons. The lowest BCUT2D eigenvalue weighted by molar-refractivity contribution is -0.380. The fourth-order valence-corrected chi connectivity index (χ4v) is 4.31. The van der Waals surface area contributed by atoms with Crippen molar-refractivity contribution in [1.82, 2.24) is 0 Å². The van der Waals surface area contributed by atoms with E-state index in [2.05, 4.69) is 13.8 Å².